The van der Waals surface area contributed by atoms with Gasteiger partial charge in [0.2, 0.25) is 0 Å². The van der Waals surface area contributed by atoms with Crippen molar-refractivity contribution in [1.82, 2.24) is 4.98 Å². The van der Waals surface area contributed by atoms with Crippen LogP contribution in [0.4, 0.5) is 0 Å². The lowest BCUT2D eigenvalue weighted by Crippen LogP contribution is -1.77. The molecule has 0 spiro atoms. The van der Waals surface area contributed by atoms with E-state index in [1.807, 2.05) is 27.7 Å². The summed E-state index contributed by atoms with van der Waals surface area (Å²) in [6.07, 6.45) is 4.50. The summed E-state index contributed by atoms with van der Waals surface area (Å²) in [5.41, 5.74) is 2.69. The van der Waals surface area contributed by atoms with Crippen LogP contribution in [0.1, 0.15) is 46.6 Å². The number of benzene rings is 1. The van der Waals surface area contributed by atoms with Crippen LogP contribution in [-0.4, -0.2) is 4.98 Å². The number of aromatic amines is 1. The first-order chi connectivity index (χ1) is 7.92. The molecule has 90 valence electrons. The summed E-state index contributed by atoms with van der Waals surface area (Å²) in [6, 6.07) is 8.45. The summed E-state index contributed by atoms with van der Waals surface area (Å²) in [5, 5.41) is 1.37. The van der Waals surface area contributed by atoms with Crippen molar-refractivity contribution in [1.29, 1.82) is 0 Å². The number of hydrogen-bond acceptors (Lipinski definition) is 0. The summed E-state index contributed by atoms with van der Waals surface area (Å²) < 4.78 is 0. The molecule has 1 nitrogen and oxygen atoms in total. The van der Waals surface area contributed by atoms with Gasteiger partial charge in [0.05, 0.1) is 0 Å². The number of nitrogens with one attached hydrogen (secondary N) is 1. The van der Waals surface area contributed by atoms with Crippen LogP contribution < -0.4 is 0 Å². The van der Waals surface area contributed by atoms with E-state index >= 15 is 0 Å². The van der Waals surface area contributed by atoms with Crippen LogP contribution in [0.2, 0.25) is 0 Å². The third kappa shape index (κ3) is 3.73. The molecule has 2 aromatic rings. The van der Waals surface area contributed by atoms with Crippen LogP contribution in [0.25, 0.3) is 10.9 Å². The Labute approximate surface area is 99.9 Å². The maximum atomic E-state index is 3.27. The summed E-state index contributed by atoms with van der Waals surface area (Å²) >= 11 is 0. The first-order valence-corrected chi connectivity index (χ1v) is 6.47. The molecule has 0 amide bonds. The average molecular weight is 219 g/mol. The van der Waals surface area contributed by atoms with E-state index in [2.05, 4.69) is 42.4 Å². The quantitative estimate of drug-likeness (QED) is 0.717. The van der Waals surface area contributed by atoms with E-state index in [0.717, 1.165) is 0 Å². The Morgan fingerprint density at radius 1 is 1.00 bits per heavy atom. The fourth-order valence-electron chi connectivity index (χ4n) is 1.61. The number of aryl methyl sites for hydroxylation is 1. The fraction of sp³-hybridized carbons (Fsp3) is 0.467. The second-order valence-electron chi connectivity index (χ2n) is 3.11. The van der Waals surface area contributed by atoms with Gasteiger partial charge < -0.3 is 4.98 Å². The molecule has 1 aromatic heterocycles. The van der Waals surface area contributed by atoms with Crippen molar-refractivity contribution in [2.24, 2.45) is 0 Å². The molecule has 0 saturated heterocycles. The largest absolute Gasteiger partial charge is 0.361 e. The highest BCUT2D eigenvalue weighted by atomic mass is 14.7. The molecule has 2 rings (SSSR count). The van der Waals surface area contributed by atoms with Gasteiger partial charge in [0.25, 0.3) is 0 Å². The Bertz CT molecular complexity index is 374. The van der Waals surface area contributed by atoms with Crippen LogP contribution in [0.5, 0.6) is 0 Å². The SMILES string of the molecule is CC.CC.CCCc1c[nH]c2ccccc12. The average Bonchev–Trinajstić information content (AvgIpc) is 2.79. The molecule has 0 aliphatic heterocycles. The zero-order chi connectivity index (χ0) is 12.4. The predicted octanol–water partition coefficient (Wildman–Crippen LogP) is 5.17. The molecule has 16 heavy (non-hydrogen) atoms. The molecule has 0 atom stereocenters. The number of hydrogen-bond donors (Lipinski definition) is 1. The van der Waals surface area contributed by atoms with Crippen molar-refractivity contribution in [2.75, 3.05) is 0 Å². The van der Waals surface area contributed by atoms with Crippen molar-refractivity contribution < 1.29 is 0 Å². The Morgan fingerprint density at radius 3 is 2.25 bits per heavy atom. The highest BCUT2D eigenvalue weighted by molar-refractivity contribution is 5.82. The second-order valence-corrected chi connectivity index (χ2v) is 3.11. The van der Waals surface area contributed by atoms with Crippen LogP contribution in [0.3, 0.4) is 0 Å². The molecule has 0 radical (unpaired) electrons. The third-order valence-electron chi connectivity index (χ3n) is 2.19. The van der Waals surface area contributed by atoms with Gasteiger partial charge >= 0.3 is 0 Å². The Balaban J connectivity index is 0.000000509. The van der Waals surface area contributed by atoms with Crippen molar-refractivity contribution in [3.8, 4) is 0 Å². The first-order valence-electron chi connectivity index (χ1n) is 6.47. The van der Waals surface area contributed by atoms with E-state index in [-0.39, 0.29) is 0 Å². The lowest BCUT2D eigenvalue weighted by molar-refractivity contribution is 0.929. The second kappa shape index (κ2) is 9.02. The summed E-state index contributed by atoms with van der Waals surface area (Å²) in [7, 11) is 0. The standard InChI is InChI=1S/C11H13N.2C2H6/c1-2-5-9-8-12-11-7-4-3-6-10(9)11;2*1-2/h3-4,6-8,12H,2,5H2,1H3;2*1-2H3. The highest BCUT2D eigenvalue weighted by Gasteiger charge is 1.99. The third-order valence-corrected chi connectivity index (χ3v) is 2.19. The minimum Gasteiger partial charge on any atom is -0.361 e. The summed E-state index contributed by atoms with van der Waals surface area (Å²) in [4.78, 5) is 3.27. The molecule has 0 aliphatic rings. The van der Waals surface area contributed by atoms with Gasteiger partial charge in [-0.3, -0.25) is 0 Å². The van der Waals surface area contributed by atoms with Gasteiger partial charge in [-0.2, -0.15) is 0 Å². The van der Waals surface area contributed by atoms with E-state index < -0.39 is 0 Å². The monoisotopic (exact) mass is 219 g/mol. The van der Waals surface area contributed by atoms with Crippen LogP contribution in [-0.2, 0) is 6.42 Å². The van der Waals surface area contributed by atoms with Gasteiger partial charge in [0.1, 0.15) is 0 Å². The topological polar surface area (TPSA) is 15.8 Å². The number of aromatic nitrogens is 1. The van der Waals surface area contributed by atoms with Gasteiger partial charge in [0, 0.05) is 17.1 Å². The van der Waals surface area contributed by atoms with Gasteiger partial charge in [-0.25, -0.2) is 0 Å². The smallest absolute Gasteiger partial charge is 0.0456 e. The van der Waals surface area contributed by atoms with Crippen molar-refractivity contribution >= 4 is 10.9 Å². The van der Waals surface area contributed by atoms with Gasteiger partial charge in [-0.05, 0) is 18.1 Å². The maximum absolute atomic E-state index is 3.27. The molecule has 1 aromatic carbocycles. The molecule has 1 heterocycles. The van der Waals surface area contributed by atoms with Crippen LogP contribution in [0, 0.1) is 0 Å². The van der Waals surface area contributed by atoms with Gasteiger partial charge in [-0.1, -0.05) is 59.2 Å². The summed E-state index contributed by atoms with van der Waals surface area (Å²) in [6.45, 7) is 10.2. The first kappa shape index (κ1) is 14.8. The van der Waals surface area contributed by atoms with Gasteiger partial charge in [-0.15, -0.1) is 0 Å². The van der Waals surface area contributed by atoms with E-state index in [0.29, 0.717) is 0 Å². The lowest BCUT2D eigenvalue weighted by atomic mass is 10.1. The minimum absolute atomic E-state index is 1.17. The number of fused-ring (bicyclic) bond motifs is 1. The zero-order valence-corrected chi connectivity index (χ0v) is 11.3. The van der Waals surface area contributed by atoms with Crippen molar-refractivity contribution in [2.45, 2.75) is 47.5 Å². The molecule has 0 aliphatic carbocycles. The van der Waals surface area contributed by atoms with Crippen LogP contribution in [0.15, 0.2) is 30.5 Å². The molecular formula is C15H25N. The van der Waals surface area contributed by atoms with E-state index in [4.69, 9.17) is 0 Å². The number of para-hydroxylation sites is 1. The molecule has 0 bridgehead atoms. The lowest BCUT2D eigenvalue weighted by Gasteiger charge is -1.93. The molecule has 1 N–H and O–H groups in total. The van der Waals surface area contributed by atoms with E-state index in [1.54, 1.807) is 0 Å². The molecular weight excluding hydrogens is 194 g/mol. The minimum atomic E-state index is 1.17. The molecule has 1 heteroatoms. The Morgan fingerprint density at radius 2 is 1.62 bits per heavy atom. The van der Waals surface area contributed by atoms with E-state index in [9.17, 15) is 0 Å². The van der Waals surface area contributed by atoms with Gasteiger partial charge in [0.15, 0.2) is 0 Å². The summed E-state index contributed by atoms with van der Waals surface area (Å²) in [5.74, 6) is 0. The Hall–Kier alpha value is -1.24. The fourth-order valence-corrected chi connectivity index (χ4v) is 1.61. The van der Waals surface area contributed by atoms with E-state index in [1.165, 1.54) is 29.3 Å². The molecule has 0 saturated carbocycles. The van der Waals surface area contributed by atoms with Crippen molar-refractivity contribution in [3.63, 3.8) is 0 Å². The van der Waals surface area contributed by atoms with Crippen LogP contribution >= 0.6 is 0 Å². The maximum Gasteiger partial charge on any atom is 0.0456 e. The Kier molecular flexibility index (Phi) is 8.32. The van der Waals surface area contributed by atoms with Crippen molar-refractivity contribution in [3.05, 3.63) is 36.0 Å². The number of H-pyrrole nitrogens is 1. The number of rotatable bonds is 2. The normalized spacial score (nSPS) is 8.81. The molecule has 0 unspecified atom stereocenters. The predicted molar refractivity (Wildman–Crippen MR) is 75.0 cm³/mol. The highest BCUT2D eigenvalue weighted by Crippen LogP contribution is 2.18. The zero-order valence-electron chi connectivity index (χ0n) is 11.3. The molecule has 0 fully saturated rings.